The van der Waals surface area contributed by atoms with Crippen LogP contribution >= 0.6 is 24.8 Å². The van der Waals surface area contributed by atoms with E-state index in [1.54, 1.807) is 6.33 Å². The Morgan fingerprint density at radius 1 is 1.24 bits per heavy atom. The Morgan fingerprint density at radius 2 is 1.97 bits per heavy atom. The third-order valence-corrected chi connectivity index (χ3v) is 4.94. The van der Waals surface area contributed by atoms with Crippen molar-refractivity contribution in [2.24, 2.45) is 5.73 Å². The van der Waals surface area contributed by atoms with Crippen LogP contribution < -0.4 is 11.1 Å². The summed E-state index contributed by atoms with van der Waals surface area (Å²) < 4.78 is 7.81. The normalized spacial score (nSPS) is 14.7. The number of aromatic nitrogens is 2. The third kappa shape index (κ3) is 8.74. The van der Waals surface area contributed by atoms with Gasteiger partial charge in [-0.25, -0.2) is 4.98 Å². The smallest absolute Gasteiger partial charge is 0.237 e. The van der Waals surface area contributed by atoms with Crippen molar-refractivity contribution in [3.8, 4) is 0 Å². The van der Waals surface area contributed by atoms with Crippen LogP contribution in [0.2, 0.25) is 0 Å². The Bertz CT molecular complexity index is 706. The first-order valence-corrected chi connectivity index (χ1v) is 9.90. The Balaban J connectivity index is 0.00000210. The van der Waals surface area contributed by atoms with Crippen molar-refractivity contribution in [3.63, 3.8) is 0 Å². The molecule has 0 unspecified atom stereocenters. The van der Waals surface area contributed by atoms with E-state index in [2.05, 4.69) is 22.4 Å². The van der Waals surface area contributed by atoms with Gasteiger partial charge in [-0.15, -0.1) is 24.8 Å². The number of benzene rings is 1. The predicted octanol–water partition coefficient (Wildman–Crippen LogP) is 3.11. The second kappa shape index (κ2) is 13.6. The molecule has 29 heavy (non-hydrogen) atoms. The Morgan fingerprint density at radius 3 is 2.69 bits per heavy atom. The summed E-state index contributed by atoms with van der Waals surface area (Å²) in [6, 6.07) is 9.62. The van der Waals surface area contributed by atoms with Gasteiger partial charge in [0.1, 0.15) is 0 Å². The van der Waals surface area contributed by atoms with Gasteiger partial charge < -0.3 is 20.4 Å². The topological polar surface area (TPSA) is 82.2 Å². The number of nitrogens with two attached hydrogens (primary N) is 1. The number of halogens is 2. The maximum absolute atomic E-state index is 12.2. The van der Waals surface area contributed by atoms with Gasteiger partial charge in [-0.2, -0.15) is 0 Å². The van der Waals surface area contributed by atoms with Crippen LogP contribution in [0.1, 0.15) is 43.4 Å². The summed E-state index contributed by atoms with van der Waals surface area (Å²) >= 11 is 0. The second-order valence-corrected chi connectivity index (χ2v) is 7.26. The number of nitrogens with one attached hydrogen (secondary N) is 1. The van der Waals surface area contributed by atoms with E-state index in [1.807, 2.05) is 29.0 Å². The van der Waals surface area contributed by atoms with Crippen LogP contribution in [-0.2, 0) is 22.5 Å². The van der Waals surface area contributed by atoms with Crippen LogP contribution in [0, 0.1) is 0 Å². The van der Waals surface area contributed by atoms with Gasteiger partial charge in [0, 0.05) is 32.3 Å². The number of hydrogen-bond acceptors (Lipinski definition) is 4. The van der Waals surface area contributed by atoms with Crippen LogP contribution in [0.4, 0.5) is 0 Å². The Hall–Kier alpha value is -1.60. The number of imidazole rings is 1. The van der Waals surface area contributed by atoms with Crippen molar-refractivity contribution in [2.45, 2.75) is 57.2 Å². The standard InChI is InChI=1S/C21H30N4O2.2ClH/c22-20(21(26)23-11-6-12-27-19-9-4-5-10-19)13-18-15-25(16-24-18)14-17-7-2-1-3-8-17;;/h1-3,7-8,15-16,19-20H,4-6,9-14,22H2,(H,23,26);2*1H/t20-;;/m0../s1. The van der Waals surface area contributed by atoms with E-state index in [4.69, 9.17) is 10.5 Å². The molecule has 6 nitrogen and oxygen atoms in total. The number of rotatable bonds is 10. The van der Waals surface area contributed by atoms with E-state index in [-0.39, 0.29) is 30.7 Å². The number of hydrogen-bond donors (Lipinski definition) is 2. The molecule has 1 aromatic carbocycles. The van der Waals surface area contributed by atoms with E-state index in [1.165, 1.54) is 31.2 Å². The molecule has 0 spiro atoms. The molecule has 1 atom stereocenters. The Labute approximate surface area is 185 Å². The summed E-state index contributed by atoms with van der Waals surface area (Å²) in [6.07, 6.45) is 10.3. The minimum absolute atomic E-state index is 0. The predicted molar refractivity (Wildman–Crippen MR) is 120 cm³/mol. The molecule has 162 valence electrons. The number of nitrogens with zero attached hydrogens (tertiary/aromatic N) is 2. The zero-order valence-electron chi connectivity index (χ0n) is 16.7. The van der Waals surface area contributed by atoms with E-state index in [0.717, 1.165) is 18.7 Å². The number of carbonyl (C=O) groups excluding carboxylic acids is 1. The van der Waals surface area contributed by atoms with Crippen LogP contribution in [-0.4, -0.2) is 40.8 Å². The molecule has 1 fully saturated rings. The second-order valence-electron chi connectivity index (χ2n) is 7.26. The molecule has 1 amide bonds. The Kier molecular flexibility index (Phi) is 11.9. The highest BCUT2D eigenvalue weighted by Crippen LogP contribution is 2.20. The average molecular weight is 443 g/mol. The fourth-order valence-electron chi connectivity index (χ4n) is 3.43. The molecule has 1 heterocycles. The highest BCUT2D eigenvalue weighted by molar-refractivity contribution is 5.85. The molecule has 3 N–H and O–H groups in total. The summed E-state index contributed by atoms with van der Waals surface area (Å²) in [5.41, 5.74) is 8.08. The minimum Gasteiger partial charge on any atom is -0.378 e. The van der Waals surface area contributed by atoms with E-state index < -0.39 is 6.04 Å². The molecule has 0 radical (unpaired) electrons. The molecule has 0 bridgehead atoms. The first kappa shape index (κ1) is 25.4. The van der Waals surface area contributed by atoms with Crippen LogP contribution in [0.25, 0.3) is 0 Å². The van der Waals surface area contributed by atoms with E-state index in [9.17, 15) is 4.79 Å². The van der Waals surface area contributed by atoms with E-state index >= 15 is 0 Å². The SMILES string of the molecule is Cl.Cl.N[C@@H](Cc1cn(Cc2ccccc2)cn1)C(=O)NCCCOC1CCCC1. The van der Waals surface area contributed by atoms with Crippen LogP contribution in [0.3, 0.4) is 0 Å². The van der Waals surface area contributed by atoms with Crippen LogP contribution in [0.15, 0.2) is 42.9 Å². The summed E-state index contributed by atoms with van der Waals surface area (Å²) in [6.45, 7) is 2.06. The molecule has 1 aromatic heterocycles. The number of ether oxygens (including phenoxy) is 1. The highest BCUT2D eigenvalue weighted by Gasteiger charge is 2.16. The van der Waals surface area contributed by atoms with E-state index in [0.29, 0.717) is 25.7 Å². The van der Waals surface area contributed by atoms with Gasteiger partial charge in [-0.3, -0.25) is 4.79 Å². The fraction of sp³-hybridized carbons (Fsp3) is 0.524. The molecule has 0 saturated heterocycles. The summed E-state index contributed by atoms with van der Waals surface area (Å²) in [4.78, 5) is 16.5. The molecular formula is C21H32Cl2N4O2. The van der Waals surface area contributed by atoms with Gasteiger partial charge in [0.15, 0.2) is 0 Å². The summed E-state index contributed by atoms with van der Waals surface area (Å²) in [5, 5.41) is 2.90. The maximum Gasteiger partial charge on any atom is 0.237 e. The third-order valence-electron chi connectivity index (χ3n) is 4.94. The quantitative estimate of drug-likeness (QED) is 0.553. The van der Waals surface area contributed by atoms with Gasteiger partial charge >= 0.3 is 0 Å². The zero-order valence-corrected chi connectivity index (χ0v) is 18.3. The highest BCUT2D eigenvalue weighted by atomic mass is 35.5. The molecule has 2 aromatic rings. The number of carbonyl (C=O) groups is 1. The van der Waals surface area contributed by atoms with Crippen molar-refractivity contribution in [3.05, 3.63) is 54.1 Å². The minimum atomic E-state index is -0.583. The molecule has 8 heteroatoms. The average Bonchev–Trinajstić information content (AvgIpc) is 3.34. The summed E-state index contributed by atoms with van der Waals surface area (Å²) in [7, 11) is 0. The number of amides is 1. The van der Waals surface area contributed by atoms with Gasteiger partial charge in [-0.1, -0.05) is 43.2 Å². The lowest BCUT2D eigenvalue weighted by atomic mass is 10.1. The molecule has 1 aliphatic carbocycles. The van der Waals surface area contributed by atoms with Crippen molar-refractivity contribution in [2.75, 3.05) is 13.2 Å². The van der Waals surface area contributed by atoms with Crippen molar-refractivity contribution in [1.29, 1.82) is 0 Å². The molecule has 1 aliphatic rings. The maximum atomic E-state index is 12.2. The van der Waals surface area contributed by atoms with Crippen LogP contribution in [0.5, 0.6) is 0 Å². The lowest BCUT2D eigenvalue weighted by molar-refractivity contribution is -0.122. The fourth-order valence-corrected chi connectivity index (χ4v) is 3.43. The lowest BCUT2D eigenvalue weighted by Gasteiger charge is -2.13. The monoisotopic (exact) mass is 442 g/mol. The molecule has 3 rings (SSSR count). The largest absolute Gasteiger partial charge is 0.378 e. The molecular weight excluding hydrogens is 411 g/mol. The molecule has 1 saturated carbocycles. The van der Waals surface area contributed by atoms with Crippen molar-refractivity contribution < 1.29 is 9.53 Å². The van der Waals surface area contributed by atoms with Gasteiger partial charge in [0.2, 0.25) is 5.91 Å². The van der Waals surface area contributed by atoms with Gasteiger partial charge in [-0.05, 0) is 24.8 Å². The first-order chi connectivity index (χ1) is 13.2. The van der Waals surface area contributed by atoms with Crippen molar-refractivity contribution in [1.82, 2.24) is 14.9 Å². The zero-order chi connectivity index (χ0) is 18.9. The first-order valence-electron chi connectivity index (χ1n) is 9.90. The van der Waals surface area contributed by atoms with Gasteiger partial charge in [0.25, 0.3) is 0 Å². The van der Waals surface area contributed by atoms with Gasteiger partial charge in [0.05, 0.1) is 24.2 Å². The summed E-state index contributed by atoms with van der Waals surface area (Å²) in [5.74, 6) is -0.131. The lowest BCUT2D eigenvalue weighted by Crippen LogP contribution is -2.42. The molecule has 0 aliphatic heterocycles. The van der Waals surface area contributed by atoms with Crippen molar-refractivity contribution >= 4 is 30.7 Å².